The molecule has 1 atom stereocenters. The van der Waals surface area contributed by atoms with Crippen LogP contribution in [-0.2, 0) is 4.79 Å². The predicted molar refractivity (Wildman–Crippen MR) is 86.0 cm³/mol. The number of oxazole rings is 1. The average molecular weight is 308 g/mol. The number of hydrogen-bond donors (Lipinski definition) is 1. The molecule has 3 aromatic rings. The van der Waals surface area contributed by atoms with E-state index in [1.165, 1.54) is 0 Å². The SMILES string of the molecule is COc1cccc(-c2coc(C(NC=O)c3ccccc3)n2)c1. The van der Waals surface area contributed by atoms with Crippen LogP contribution in [0, 0.1) is 0 Å². The highest BCUT2D eigenvalue weighted by Crippen LogP contribution is 2.27. The highest BCUT2D eigenvalue weighted by atomic mass is 16.5. The first-order valence-corrected chi connectivity index (χ1v) is 7.16. The van der Waals surface area contributed by atoms with Crippen molar-refractivity contribution in [1.82, 2.24) is 10.3 Å². The van der Waals surface area contributed by atoms with Crippen molar-refractivity contribution in [2.75, 3.05) is 7.11 Å². The van der Waals surface area contributed by atoms with E-state index >= 15 is 0 Å². The summed E-state index contributed by atoms with van der Waals surface area (Å²) in [6.07, 6.45) is 2.22. The Morgan fingerprint density at radius 3 is 2.74 bits per heavy atom. The second-order valence-electron chi connectivity index (χ2n) is 4.93. The summed E-state index contributed by atoms with van der Waals surface area (Å²) in [5, 5.41) is 2.74. The maximum atomic E-state index is 10.9. The number of hydrogen-bond acceptors (Lipinski definition) is 4. The Labute approximate surface area is 133 Å². The molecule has 5 heteroatoms. The van der Waals surface area contributed by atoms with Crippen molar-refractivity contribution in [1.29, 1.82) is 0 Å². The molecule has 0 saturated carbocycles. The van der Waals surface area contributed by atoms with E-state index in [0.717, 1.165) is 16.9 Å². The topological polar surface area (TPSA) is 64.4 Å². The first-order chi connectivity index (χ1) is 11.3. The van der Waals surface area contributed by atoms with E-state index in [1.807, 2.05) is 54.6 Å². The number of nitrogens with one attached hydrogen (secondary N) is 1. The van der Waals surface area contributed by atoms with Gasteiger partial charge in [0.1, 0.15) is 23.7 Å². The van der Waals surface area contributed by atoms with Gasteiger partial charge in [0.05, 0.1) is 7.11 Å². The third-order valence-corrected chi connectivity index (χ3v) is 3.50. The maximum Gasteiger partial charge on any atom is 0.221 e. The van der Waals surface area contributed by atoms with Crippen LogP contribution in [0.1, 0.15) is 17.5 Å². The quantitative estimate of drug-likeness (QED) is 0.710. The van der Waals surface area contributed by atoms with Crippen molar-refractivity contribution in [2.45, 2.75) is 6.04 Å². The fourth-order valence-corrected chi connectivity index (χ4v) is 2.36. The zero-order valence-electron chi connectivity index (χ0n) is 12.6. The lowest BCUT2D eigenvalue weighted by Gasteiger charge is -2.12. The molecule has 0 spiro atoms. The Morgan fingerprint density at radius 2 is 2.00 bits per heavy atom. The van der Waals surface area contributed by atoms with Gasteiger partial charge in [-0.15, -0.1) is 0 Å². The fourth-order valence-electron chi connectivity index (χ4n) is 2.36. The fraction of sp³-hybridized carbons (Fsp3) is 0.111. The number of nitrogens with zero attached hydrogens (tertiary/aromatic N) is 1. The minimum absolute atomic E-state index is 0.423. The summed E-state index contributed by atoms with van der Waals surface area (Å²) in [5.74, 6) is 1.18. The van der Waals surface area contributed by atoms with Gasteiger partial charge in [-0.25, -0.2) is 4.98 Å². The van der Waals surface area contributed by atoms with Crippen LogP contribution in [0.15, 0.2) is 65.3 Å². The molecule has 0 aliphatic heterocycles. The molecule has 1 N–H and O–H groups in total. The van der Waals surface area contributed by atoms with E-state index in [1.54, 1.807) is 13.4 Å². The van der Waals surface area contributed by atoms with Crippen LogP contribution in [0.3, 0.4) is 0 Å². The minimum atomic E-state index is -0.423. The van der Waals surface area contributed by atoms with Crippen molar-refractivity contribution < 1.29 is 13.9 Å². The van der Waals surface area contributed by atoms with Gasteiger partial charge in [0.15, 0.2) is 0 Å². The van der Waals surface area contributed by atoms with Gasteiger partial charge >= 0.3 is 0 Å². The van der Waals surface area contributed by atoms with E-state index in [9.17, 15) is 4.79 Å². The average Bonchev–Trinajstić information content (AvgIpc) is 3.10. The first-order valence-electron chi connectivity index (χ1n) is 7.16. The molecule has 1 aromatic heterocycles. The Kier molecular flexibility index (Phi) is 4.38. The van der Waals surface area contributed by atoms with E-state index in [2.05, 4.69) is 10.3 Å². The zero-order valence-corrected chi connectivity index (χ0v) is 12.6. The molecule has 3 rings (SSSR count). The first kappa shape index (κ1) is 14.8. The number of rotatable bonds is 6. The predicted octanol–water partition coefficient (Wildman–Crippen LogP) is 3.19. The summed E-state index contributed by atoms with van der Waals surface area (Å²) in [6, 6.07) is 16.7. The van der Waals surface area contributed by atoms with Gasteiger partial charge in [-0.3, -0.25) is 4.79 Å². The third kappa shape index (κ3) is 3.23. The largest absolute Gasteiger partial charge is 0.497 e. The molecule has 0 bridgehead atoms. The van der Waals surface area contributed by atoms with Crippen LogP contribution in [0.5, 0.6) is 5.75 Å². The monoisotopic (exact) mass is 308 g/mol. The normalized spacial score (nSPS) is 11.7. The lowest BCUT2D eigenvalue weighted by Crippen LogP contribution is -2.20. The highest BCUT2D eigenvalue weighted by molar-refractivity contribution is 5.60. The smallest absolute Gasteiger partial charge is 0.221 e. The van der Waals surface area contributed by atoms with Crippen molar-refractivity contribution in [2.24, 2.45) is 0 Å². The molecule has 5 nitrogen and oxygen atoms in total. The lowest BCUT2D eigenvalue weighted by molar-refractivity contribution is -0.110. The summed E-state index contributed by atoms with van der Waals surface area (Å²) >= 11 is 0. The summed E-state index contributed by atoms with van der Waals surface area (Å²) in [6.45, 7) is 0. The number of methoxy groups -OCH3 is 1. The Balaban J connectivity index is 1.94. The molecule has 1 unspecified atom stereocenters. The Hall–Kier alpha value is -3.08. The summed E-state index contributed by atoms with van der Waals surface area (Å²) < 4.78 is 10.8. The van der Waals surface area contributed by atoms with Crippen LogP contribution in [0.4, 0.5) is 0 Å². The number of ether oxygens (including phenoxy) is 1. The van der Waals surface area contributed by atoms with Gasteiger partial charge in [-0.2, -0.15) is 0 Å². The number of benzene rings is 2. The maximum absolute atomic E-state index is 10.9. The molecular formula is C18H16N2O3. The number of aromatic nitrogens is 1. The van der Waals surface area contributed by atoms with Gasteiger partial charge in [0, 0.05) is 5.56 Å². The molecule has 116 valence electrons. The van der Waals surface area contributed by atoms with Crippen molar-refractivity contribution in [3.63, 3.8) is 0 Å². The van der Waals surface area contributed by atoms with Gasteiger partial charge in [0.25, 0.3) is 0 Å². The molecular weight excluding hydrogens is 292 g/mol. The molecule has 2 aromatic carbocycles. The van der Waals surface area contributed by atoms with Gasteiger partial charge in [-0.05, 0) is 17.7 Å². The standard InChI is InChI=1S/C18H16N2O3/c1-22-15-9-5-8-14(10-15)16-11-23-18(20-16)17(19-12-21)13-6-3-2-4-7-13/h2-12,17H,1H3,(H,19,21). The van der Waals surface area contributed by atoms with E-state index < -0.39 is 6.04 Å². The lowest BCUT2D eigenvalue weighted by atomic mass is 10.1. The summed E-state index contributed by atoms with van der Waals surface area (Å²) in [5.41, 5.74) is 2.48. The molecule has 0 fully saturated rings. The molecule has 1 heterocycles. The second kappa shape index (κ2) is 6.79. The van der Waals surface area contributed by atoms with Crippen LogP contribution in [0.25, 0.3) is 11.3 Å². The summed E-state index contributed by atoms with van der Waals surface area (Å²) in [4.78, 5) is 15.4. The van der Waals surface area contributed by atoms with E-state index in [-0.39, 0.29) is 0 Å². The molecule has 0 saturated heterocycles. The molecule has 0 aliphatic carbocycles. The zero-order chi connectivity index (χ0) is 16.1. The molecule has 23 heavy (non-hydrogen) atoms. The Morgan fingerprint density at radius 1 is 1.17 bits per heavy atom. The number of carbonyl (C=O) groups is 1. The third-order valence-electron chi connectivity index (χ3n) is 3.50. The van der Waals surface area contributed by atoms with Crippen molar-refractivity contribution >= 4 is 6.41 Å². The van der Waals surface area contributed by atoms with Gasteiger partial charge in [-0.1, -0.05) is 42.5 Å². The van der Waals surface area contributed by atoms with Crippen molar-refractivity contribution in [3.05, 3.63) is 72.3 Å². The highest BCUT2D eigenvalue weighted by Gasteiger charge is 2.19. The Bertz CT molecular complexity index is 784. The van der Waals surface area contributed by atoms with Crippen LogP contribution in [0.2, 0.25) is 0 Å². The van der Waals surface area contributed by atoms with Crippen LogP contribution < -0.4 is 10.1 Å². The van der Waals surface area contributed by atoms with Gasteiger partial charge in [0.2, 0.25) is 12.3 Å². The molecule has 0 radical (unpaired) electrons. The van der Waals surface area contributed by atoms with Crippen molar-refractivity contribution in [3.8, 4) is 17.0 Å². The van der Waals surface area contributed by atoms with Crippen LogP contribution in [-0.4, -0.2) is 18.5 Å². The van der Waals surface area contributed by atoms with Crippen LogP contribution >= 0.6 is 0 Å². The number of amides is 1. The summed E-state index contributed by atoms with van der Waals surface area (Å²) in [7, 11) is 1.62. The second-order valence-corrected chi connectivity index (χ2v) is 4.93. The number of carbonyl (C=O) groups excluding carboxylic acids is 1. The van der Waals surface area contributed by atoms with E-state index in [0.29, 0.717) is 18.0 Å². The molecule has 1 amide bonds. The van der Waals surface area contributed by atoms with E-state index in [4.69, 9.17) is 9.15 Å². The van der Waals surface area contributed by atoms with Gasteiger partial charge < -0.3 is 14.5 Å². The molecule has 0 aliphatic rings. The minimum Gasteiger partial charge on any atom is -0.497 e.